The molecule has 0 unspecified atom stereocenters. The van der Waals surface area contributed by atoms with Crippen molar-refractivity contribution in [3.63, 3.8) is 0 Å². The summed E-state index contributed by atoms with van der Waals surface area (Å²) in [6, 6.07) is 5.12. The number of hydrogen-bond donors (Lipinski definition) is 2. The Labute approximate surface area is 129 Å². The van der Waals surface area contributed by atoms with Gasteiger partial charge in [0.15, 0.2) is 0 Å². The van der Waals surface area contributed by atoms with E-state index in [1.807, 2.05) is 0 Å². The Balaban J connectivity index is 2.69. The molecule has 1 heterocycles. The average molecular weight is 323 g/mol. The molecule has 23 heavy (non-hydrogen) atoms. The molecule has 0 amide bonds. The van der Waals surface area contributed by atoms with E-state index in [1.165, 1.54) is 6.07 Å². The van der Waals surface area contributed by atoms with Crippen molar-refractivity contribution in [2.24, 2.45) is 0 Å². The lowest BCUT2D eigenvalue weighted by molar-refractivity contribution is -0.138. The highest BCUT2D eigenvalue weighted by atomic mass is 19.4. The van der Waals surface area contributed by atoms with Gasteiger partial charge in [0, 0.05) is 5.56 Å². The molecule has 1 aromatic heterocycles. The molecule has 0 saturated carbocycles. The number of anilines is 2. The molecule has 0 radical (unpaired) electrons. The van der Waals surface area contributed by atoms with Crippen LogP contribution in [0.15, 0.2) is 18.2 Å². The van der Waals surface area contributed by atoms with E-state index in [0.29, 0.717) is 0 Å². The minimum atomic E-state index is -4.63. The van der Waals surface area contributed by atoms with Crippen LogP contribution in [0.1, 0.15) is 18.1 Å². The maximum Gasteiger partial charge on any atom is 0.419 e. The van der Waals surface area contributed by atoms with Crippen LogP contribution >= 0.6 is 0 Å². The van der Waals surface area contributed by atoms with Crippen LogP contribution in [0.4, 0.5) is 24.9 Å². The maximum atomic E-state index is 13.2. The fraction of sp³-hybridized carbons (Fsp3) is 0.214. The Morgan fingerprint density at radius 3 is 2.52 bits per heavy atom. The van der Waals surface area contributed by atoms with E-state index in [-0.39, 0.29) is 40.9 Å². The Hall–Kier alpha value is -3.02. The Kier molecular flexibility index (Phi) is 4.27. The predicted octanol–water partition coefficient (Wildman–Crippen LogP) is 2.60. The van der Waals surface area contributed by atoms with Crippen LogP contribution in [0.5, 0.6) is 5.75 Å². The number of hydrogen-bond acceptors (Lipinski definition) is 6. The number of halogens is 3. The molecular weight excluding hydrogens is 311 g/mol. The lowest BCUT2D eigenvalue weighted by Gasteiger charge is -2.15. The third kappa shape index (κ3) is 3.26. The standard InChI is InChI=1S/C14H12F3N5O/c1-2-23-10-4-3-7(5-9(10)14(15,16)17)11-8(6-18)12(19)22-13(20)21-11/h3-5H,2H2,1H3,(H4,19,20,21,22). The van der Waals surface area contributed by atoms with Crippen LogP contribution in [0, 0.1) is 11.3 Å². The normalized spacial score (nSPS) is 11.1. The van der Waals surface area contributed by atoms with Crippen LogP contribution in [0.2, 0.25) is 0 Å². The van der Waals surface area contributed by atoms with Gasteiger partial charge in [0.2, 0.25) is 5.95 Å². The molecule has 0 aliphatic rings. The van der Waals surface area contributed by atoms with Crippen molar-refractivity contribution < 1.29 is 17.9 Å². The lowest BCUT2D eigenvalue weighted by atomic mass is 10.0. The summed E-state index contributed by atoms with van der Waals surface area (Å²) in [5.74, 6) is -0.742. The second kappa shape index (κ2) is 6.00. The maximum absolute atomic E-state index is 13.2. The Bertz CT molecular complexity index is 783. The zero-order valence-electron chi connectivity index (χ0n) is 12.0. The third-order valence-electron chi connectivity index (χ3n) is 2.92. The second-order valence-electron chi connectivity index (χ2n) is 4.44. The zero-order chi connectivity index (χ0) is 17.2. The van der Waals surface area contributed by atoms with Crippen molar-refractivity contribution in [1.29, 1.82) is 5.26 Å². The van der Waals surface area contributed by atoms with Crippen LogP contribution in [-0.2, 0) is 6.18 Å². The van der Waals surface area contributed by atoms with Gasteiger partial charge >= 0.3 is 6.18 Å². The molecule has 0 spiro atoms. The van der Waals surface area contributed by atoms with Crippen LogP contribution < -0.4 is 16.2 Å². The van der Waals surface area contributed by atoms with Gasteiger partial charge in [-0.05, 0) is 25.1 Å². The highest BCUT2D eigenvalue weighted by Crippen LogP contribution is 2.39. The largest absolute Gasteiger partial charge is 0.493 e. The van der Waals surface area contributed by atoms with Crippen molar-refractivity contribution >= 4 is 11.8 Å². The van der Waals surface area contributed by atoms with Gasteiger partial charge in [-0.15, -0.1) is 0 Å². The molecule has 6 nitrogen and oxygen atoms in total. The van der Waals surface area contributed by atoms with E-state index in [0.717, 1.165) is 12.1 Å². The number of alkyl halides is 3. The summed E-state index contributed by atoms with van der Waals surface area (Å²) < 4.78 is 44.5. The first-order valence-corrected chi connectivity index (χ1v) is 6.45. The molecule has 0 fully saturated rings. The van der Waals surface area contributed by atoms with Gasteiger partial charge < -0.3 is 16.2 Å². The van der Waals surface area contributed by atoms with E-state index < -0.39 is 11.7 Å². The molecule has 4 N–H and O–H groups in total. The van der Waals surface area contributed by atoms with Crippen molar-refractivity contribution in [1.82, 2.24) is 9.97 Å². The highest BCUT2D eigenvalue weighted by Gasteiger charge is 2.35. The third-order valence-corrected chi connectivity index (χ3v) is 2.92. The number of aromatic nitrogens is 2. The zero-order valence-corrected chi connectivity index (χ0v) is 12.0. The minimum absolute atomic E-state index is 0.0399. The molecule has 0 aliphatic carbocycles. The first-order valence-electron chi connectivity index (χ1n) is 6.45. The molecule has 120 valence electrons. The smallest absolute Gasteiger partial charge is 0.419 e. The molecule has 2 aromatic rings. The minimum Gasteiger partial charge on any atom is -0.493 e. The van der Waals surface area contributed by atoms with E-state index in [2.05, 4.69) is 9.97 Å². The van der Waals surface area contributed by atoms with Gasteiger partial charge in [0.25, 0.3) is 0 Å². The number of benzene rings is 1. The molecule has 9 heteroatoms. The number of nitrogen functional groups attached to an aromatic ring is 2. The quantitative estimate of drug-likeness (QED) is 0.898. The number of nitrogens with zero attached hydrogens (tertiary/aromatic N) is 3. The average Bonchev–Trinajstić information content (AvgIpc) is 2.46. The van der Waals surface area contributed by atoms with Crippen molar-refractivity contribution in [3.8, 4) is 23.1 Å². The van der Waals surface area contributed by atoms with E-state index in [4.69, 9.17) is 21.5 Å². The van der Waals surface area contributed by atoms with Gasteiger partial charge in [0.1, 0.15) is 23.2 Å². The van der Waals surface area contributed by atoms with E-state index in [9.17, 15) is 13.2 Å². The van der Waals surface area contributed by atoms with E-state index in [1.54, 1.807) is 13.0 Å². The van der Waals surface area contributed by atoms with Crippen molar-refractivity contribution in [3.05, 3.63) is 29.3 Å². The Morgan fingerprint density at radius 2 is 1.96 bits per heavy atom. The van der Waals surface area contributed by atoms with Gasteiger partial charge in [-0.2, -0.15) is 23.4 Å². The number of nitrogens with two attached hydrogens (primary N) is 2. The summed E-state index contributed by atoms with van der Waals surface area (Å²) in [4.78, 5) is 7.45. The summed E-state index contributed by atoms with van der Waals surface area (Å²) in [6.45, 7) is 1.66. The highest BCUT2D eigenvalue weighted by molar-refractivity contribution is 5.74. The van der Waals surface area contributed by atoms with E-state index >= 15 is 0 Å². The summed E-state index contributed by atoms with van der Waals surface area (Å²) >= 11 is 0. The SMILES string of the molecule is CCOc1ccc(-c2nc(N)nc(N)c2C#N)cc1C(F)(F)F. The molecular formula is C14H12F3N5O. The Morgan fingerprint density at radius 1 is 1.26 bits per heavy atom. The molecule has 0 aliphatic heterocycles. The van der Waals surface area contributed by atoms with Crippen molar-refractivity contribution in [2.75, 3.05) is 18.1 Å². The van der Waals surface area contributed by atoms with Gasteiger partial charge in [-0.25, -0.2) is 4.98 Å². The molecule has 0 saturated heterocycles. The number of ether oxygens (including phenoxy) is 1. The molecule has 2 rings (SSSR count). The van der Waals surface area contributed by atoms with Gasteiger partial charge in [-0.3, -0.25) is 0 Å². The topological polar surface area (TPSA) is 111 Å². The molecule has 1 aromatic carbocycles. The summed E-state index contributed by atoms with van der Waals surface area (Å²) in [5.41, 5.74) is 9.89. The van der Waals surface area contributed by atoms with Gasteiger partial charge in [-0.1, -0.05) is 0 Å². The van der Waals surface area contributed by atoms with Gasteiger partial charge in [0.05, 0.1) is 17.9 Å². The fourth-order valence-electron chi connectivity index (χ4n) is 2.00. The first-order chi connectivity index (χ1) is 10.8. The monoisotopic (exact) mass is 323 g/mol. The first kappa shape index (κ1) is 16.4. The van der Waals surface area contributed by atoms with Crippen LogP contribution in [0.25, 0.3) is 11.3 Å². The van der Waals surface area contributed by atoms with Crippen molar-refractivity contribution in [2.45, 2.75) is 13.1 Å². The predicted molar refractivity (Wildman–Crippen MR) is 77.2 cm³/mol. The lowest BCUT2D eigenvalue weighted by Crippen LogP contribution is -2.10. The summed E-state index contributed by atoms with van der Waals surface area (Å²) in [6.07, 6.45) is -4.63. The molecule has 0 atom stereocenters. The molecule has 0 bridgehead atoms. The number of rotatable bonds is 3. The van der Waals surface area contributed by atoms with Crippen LogP contribution in [0.3, 0.4) is 0 Å². The van der Waals surface area contributed by atoms with Crippen LogP contribution in [-0.4, -0.2) is 16.6 Å². The second-order valence-corrected chi connectivity index (χ2v) is 4.44. The number of nitriles is 1. The fourth-order valence-corrected chi connectivity index (χ4v) is 2.00. The summed E-state index contributed by atoms with van der Waals surface area (Å²) in [7, 11) is 0. The summed E-state index contributed by atoms with van der Waals surface area (Å²) in [5, 5.41) is 9.12.